The summed E-state index contributed by atoms with van der Waals surface area (Å²) in [6.07, 6.45) is 36.5. The van der Waals surface area contributed by atoms with Gasteiger partial charge in [0.05, 0.1) is 38.6 Å². The first-order chi connectivity index (χ1) is 43.8. The molecule has 0 aromatic heterocycles. The molecule has 19 nitrogen and oxygen atoms in total. The van der Waals surface area contributed by atoms with E-state index in [4.69, 9.17) is 28.4 Å². The van der Waals surface area contributed by atoms with Crippen molar-refractivity contribution in [3.05, 3.63) is 48.6 Å². The highest BCUT2D eigenvalue weighted by Gasteiger charge is 2.53. The van der Waals surface area contributed by atoms with Crippen molar-refractivity contribution in [2.75, 3.05) is 26.4 Å². The van der Waals surface area contributed by atoms with Crippen LogP contribution >= 0.6 is 0 Å². The van der Waals surface area contributed by atoms with Crippen LogP contribution in [-0.4, -0.2) is 193 Å². The Morgan fingerprint density at radius 1 is 0.400 bits per heavy atom. The SMILES string of the molecule is CCCCCCC/C=C\C/C=C\CCCCCCCCCCCCCC(=O)NC(COC1OC(CO)C(OC2OC(CO)C(OC3OC(CO)C(O)C(O)C3O)C(O)C2O)C(O)C1O)C(O)/C=C/CC/C=C/CCCCCCCCCCCCCCCCCC. The zero-order chi connectivity index (χ0) is 65.4. The van der Waals surface area contributed by atoms with E-state index in [9.17, 15) is 61.0 Å². The van der Waals surface area contributed by atoms with E-state index in [0.29, 0.717) is 12.8 Å². The minimum Gasteiger partial charge on any atom is -0.394 e. The predicted molar refractivity (Wildman–Crippen MR) is 351 cm³/mol. The lowest BCUT2D eigenvalue weighted by Gasteiger charge is -2.48. The molecule has 0 aromatic rings. The number of carbonyl (C=O) groups excluding carboxylic acids is 1. The molecule has 3 aliphatic rings. The van der Waals surface area contributed by atoms with Crippen LogP contribution in [-0.2, 0) is 33.2 Å². The number of hydrogen-bond acceptors (Lipinski definition) is 18. The minimum absolute atomic E-state index is 0.233. The van der Waals surface area contributed by atoms with Crippen LogP contribution < -0.4 is 5.32 Å². The van der Waals surface area contributed by atoms with E-state index in [1.54, 1.807) is 6.08 Å². The summed E-state index contributed by atoms with van der Waals surface area (Å²) in [5, 5.41) is 121. The summed E-state index contributed by atoms with van der Waals surface area (Å²) in [5.41, 5.74) is 0. The van der Waals surface area contributed by atoms with Crippen molar-refractivity contribution >= 4 is 5.91 Å². The average molecular weight is 1280 g/mol. The van der Waals surface area contributed by atoms with Gasteiger partial charge in [-0.1, -0.05) is 242 Å². The smallest absolute Gasteiger partial charge is 0.220 e. The highest BCUT2D eigenvalue weighted by Crippen LogP contribution is 2.33. The molecule has 19 heteroatoms. The van der Waals surface area contributed by atoms with Crippen LogP contribution in [0.4, 0.5) is 0 Å². The monoisotopic (exact) mass is 1280 g/mol. The van der Waals surface area contributed by atoms with E-state index in [1.807, 2.05) is 6.08 Å². The molecule has 0 bridgehead atoms. The molecule has 0 saturated carbocycles. The fourth-order valence-electron chi connectivity index (χ4n) is 12.0. The molecule has 3 fully saturated rings. The number of unbranched alkanes of at least 4 members (excludes halogenated alkanes) is 33. The summed E-state index contributed by atoms with van der Waals surface area (Å²) in [7, 11) is 0. The van der Waals surface area contributed by atoms with E-state index in [0.717, 1.165) is 51.4 Å². The fourth-order valence-corrected chi connectivity index (χ4v) is 12.0. The number of rotatable bonds is 55. The lowest BCUT2D eigenvalue weighted by molar-refractivity contribution is -0.379. The second-order valence-corrected chi connectivity index (χ2v) is 25.7. The van der Waals surface area contributed by atoms with Gasteiger partial charge in [-0.05, 0) is 64.2 Å². The van der Waals surface area contributed by atoms with Crippen molar-refractivity contribution in [3.8, 4) is 0 Å². The van der Waals surface area contributed by atoms with Crippen molar-refractivity contribution in [1.82, 2.24) is 5.32 Å². The maximum atomic E-state index is 13.4. The third kappa shape index (κ3) is 34.4. The molecule has 17 unspecified atom stereocenters. The van der Waals surface area contributed by atoms with Crippen LogP contribution in [0.15, 0.2) is 48.6 Å². The third-order valence-corrected chi connectivity index (χ3v) is 17.8. The van der Waals surface area contributed by atoms with E-state index in [1.165, 1.54) is 180 Å². The number of carbonyl (C=O) groups is 1. The first kappa shape index (κ1) is 82.0. The highest BCUT2D eigenvalue weighted by molar-refractivity contribution is 5.76. The molecular weight excluding hydrogens is 1150 g/mol. The first-order valence-electron chi connectivity index (χ1n) is 35.9. The zero-order valence-corrected chi connectivity index (χ0v) is 55.6. The maximum absolute atomic E-state index is 13.4. The van der Waals surface area contributed by atoms with Crippen molar-refractivity contribution in [1.29, 1.82) is 0 Å². The van der Waals surface area contributed by atoms with Gasteiger partial charge in [-0.15, -0.1) is 0 Å². The molecule has 0 aromatic carbocycles. The summed E-state index contributed by atoms with van der Waals surface area (Å²) in [5.74, 6) is -0.286. The summed E-state index contributed by atoms with van der Waals surface area (Å²) >= 11 is 0. The molecule has 0 aliphatic carbocycles. The molecule has 90 heavy (non-hydrogen) atoms. The molecule has 0 radical (unpaired) electrons. The van der Waals surface area contributed by atoms with Crippen molar-refractivity contribution in [2.45, 2.75) is 369 Å². The van der Waals surface area contributed by atoms with Crippen molar-refractivity contribution in [2.24, 2.45) is 0 Å². The van der Waals surface area contributed by atoms with Crippen LogP contribution in [0.3, 0.4) is 0 Å². The third-order valence-electron chi connectivity index (χ3n) is 17.8. The standard InChI is InChI=1S/C71H129NO18/c1-3-5-7-9-11-13-15-17-19-21-23-25-27-29-31-33-35-37-39-41-43-45-47-49-59(77)72-54(55(76)48-46-44-42-40-38-36-34-32-30-28-26-24-22-20-18-16-14-12-10-8-6-4-2)53-85-69-65(83)62(80)67(57(51-74)87-69)90-71-66(84)63(81)68(58(52-75)88-71)89-70-64(82)61(79)60(78)56(50-73)86-70/h15,17,21,23,38,40,46,48,54-58,60-71,73-76,78-84H,3-14,16,18-20,22,24-37,39,41-45,47,49-53H2,1-2H3,(H,72,77)/b17-15-,23-21-,40-38+,48-46+. The Morgan fingerprint density at radius 2 is 0.744 bits per heavy atom. The number of nitrogens with one attached hydrogen (secondary N) is 1. The summed E-state index contributed by atoms with van der Waals surface area (Å²) < 4.78 is 34.4. The highest BCUT2D eigenvalue weighted by atomic mass is 16.8. The van der Waals surface area contributed by atoms with Crippen LogP contribution in [0, 0.1) is 0 Å². The van der Waals surface area contributed by atoms with Gasteiger partial charge >= 0.3 is 0 Å². The van der Waals surface area contributed by atoms with Crippen LogP contribution in [0.5, 0.6) is 0 Å². The average Bonchev–Trinajstić information content (AvgIpc) is 0.865. The lowest BCUT2D eigenvalue weighted by Crippen LogP contribution is -2.66. The van der Waals surface area contributed by atoms with Crippen LogP contribution in [0.1, 0.15) is 264 Å². The Bertz CT molecular complexity index is 1820. The van der Waals surface area contributed by atoms with Crippen molar-refractivity contribution < 1.29 is 89.4 Å². The van der Waals surface area contributed by atoms with Gasteiger partial charge < -0.3 is 89.9 Å². The normalized spacial score (nSPS) is 28.3. The molecular formula is C71H129NO18. The second kappa shape index (κ2) is 53.0. The van der Waals surface area contributed by atoms with Gasteiger partial charge in [-0.3, -0.25) is 4.79 Å². The zero-order valence-electron chi connectivity index (χ0n) is 55.6. The fraction of sp³-hybridized carbons (Fsp3) is 0.873. The molecule has 3 aliphatic heterocycles. The molecule has 17 atom stereocenters. The molecule has 3 saturated heterocycles. The number of allylic oxidation sites excluding steroid dienone is 7. The van der Waals surface area contributed by atoms with Crippen LogP contribution in [0.25, 0.3) is 0 Å². The second-order valence-electron chi connectivity index (χ2n) is 25.7. The van der Waals surface area contributed by atoms with Gasteiger partial charge in [0.25, 0.3) is 0 Å². The molecule has 526 valence electrons. The molecule has 3 heterocycles. The number of aliphatic hydroxyl groups is 11. The Labute approximate surface area is 542 Å². The van der Waals surface area contributed by atoms with Gasteiger partial charge in [-0.25, -0.2) is 0 Å². The topological polar surface area (TPSA) is 307 Å². The van der Waals surface area contributed by atoms with E-state index in [-0.39, 0.29) is 18.9 Å². The summed E-state index contributed by atoms with van der Waals surface area (Å²) in [4.78, 5) is 13.4. The van der Waals surface area contributed by atoms with Gasteiger partial charge in [0, 0.05) is 6.42 Å². The minimum atomic E-state index is -1.98. The van der Waals surface area contributed by atoms with Gasteiger partial charge in [0.1, 0.15) is 73.2 Å². The van der Waals surface area contributed by atoms with Crippen LogP contribution in [0.2, 0.25) is 0 Å². The predicted octanol–water partition coefficient (Wildman–Crippen LogP) is 9.78. The summed E-state index contributed by atoms with van der Waals surface area (Å²) in [6.45, 7) is 1.73. The summed E-state index contributed by atoms with van der Waals surface area (Å²) in [6, 6.07) is -0.993. The van der Waals surface area contributed by atoms with E-state index < -0.39 is 124 Å². The van der Waals surface area contributed by atoms with E-state index >= 15 is 0 Å². The first-order valence-corrected chi connectivity index (χ1v) is 35.9. The Hall–Kier alpha value is -2.25. The van der Waals surface area contributed by atoms with Crippen molar-refractivity contribution in [3.63, 3.8) is 0 Å². The van der Waals surface area contributed by atoms with Gasteiger partial charge in [-0.2, -0.15) is 0 Å². The molecule has 3 rings (SSSR count). The number of aliphatic hydroxyl groups excluding tert-OH is 11. The number of amides is 1. The van der Waals surface area contributed by atoms with E-state index in [2.05, 4.69) is 55.6 Å². The quantitative estimate of drug-likeness (QED) is 0.0199. The van der Waals surface area contributed by atoms with Gasteiger partial charge in [0.2, 0.25) is 5.91 Å². The number of ether oxygens (including phenoxy) is 6. The maximum Gasteiger partial charge on any atom is 0.220 e. The largest absolute Gasteiger partial charge is 0.394 e. The Balaban J connectivity index is 1.45. The molecule has 12 N–H and O–H groups in total. The van der Waals surface area contributed by atoms with Gasteiger partial charge in [0.15, 0.2) is 18.9 Å². The Morgan fingerprint density at radius 3 is 1.18 bits per heavy atom. The molecule has 1 amide bonds. The number of hydrogen-bond donors (Lipinski definition) is 12. The Kier molecular flexibility index (Phi) is 48.2. The lowest BCUT2D eigenvalue weighted by atomic mass is 9.96. The molecule has 0 spiro atoms.